The monoisotopic (exact) mass is 321 g/mol. The number of benzene rings is 2. The van der Waals surface area contributed by atoms with E-state index in [1.54, 1.807) is 18.2 Å². The molecule has 1 aromatic heterocycles. The molecule has 1 amide bonds. The highest BCUT2D eigenvalue weighted by Crippen LogP contribution is 2.28. The lowest BCUT2D eigenvalue weighted by atomic mass is 10.2. The first-order valence-corrected chi connectivity index (χ1v) is 7.15. The average Bonchev–Trinajstić information content (AvgIpc) is 2.82. The highest BCUT2D eigenvalue weighted by Gasteiger charge is 2.14. The Morgan fingerprint density at radius 1 is 1.29 bits per heavy atom. The fourth-order valence-electron chi connectivity index (χ4n) is 1.83. The second kappa shape index (κ2) is 5.31. The summed E-state index contributed by atoms with van der Waals surface area (Å²) in [5, 5.41) is 3.53. The van der Waals surface area contributed by atoms with Gasteiger partial charge in [-0.05, 0) is 36.4 Å². The Kier molecular flexibility index (Phi) is 3.48. The molecule has 3 aromatic rings. The lowest BCUT2D eigenvalue weighted by molar-refractivity contribution is 0.102. The molecule has 3 N–H and O–H groups in total. The molecule has 0 aliphatic heterocycles. The fourth-order valence-corrected chi connectivity index (χ4v) is 2.97. The maximum atomic E-state index is 13.6. The number of nitrogens with two attached hydrogens (primary N) is 1. The molecule has 0 aliphatic rings. The summed E-state index contributed by atoms with van der Waals surface area (Å²) in [6, 6.07) is 9.06. The number of nitrogen functional groups attached to an aromatic ring is 1. The van der Waals surface area contributed by atoms with Gasteiger partial charge in [0.15, 0.2) is 5.13 Å². The van der Waals surface area contributed by atoms with Crippen LogP contribution in [0.5, 0.6) is 0 Å². The summed E-state index contributed by atoms with van der Waals surface area (Å²) >= 11 is 7.16. The van der Waals surface area contributed by atoms with Crippen LogP contribution in [0.3, 0.4) is 0 Å². The van der Waals surface area contributed by atoms with Crippen molar-refractivity contribution in [3.05, 3.63) is 52.8 Å². The number of nitrogens with zero attached hydrogens (tertiary/aromatic N) is 1. The molecule has 21 heavy (non-hydrogen) atoms. The minimum absolute atomic E-state index is 0.118. The number of fused-ring (bicyclic) bond motifs is 1. The van der Waals surface area contributed by atoms with E-state index in [1.807, 2.05) is 0 Å². The lowest BCUT2D eigenvalue weighted by Gasteiger charge is -2.03. The number of aromatic nitrogens is 1. The van der Waals surface area contributed by atoms with E-state index in [9.17, 15) is 9.18 Å². The molecule has 0 fully saturated rings. The third kappa shape index (κ3) is 2.81. The molecule has 0 atom stereocenters. The van der Waals surface area contributed by atoms with Gasteiger partial charge in [-0.2, -0.15) is 0 Å². The zero-order chi connectivity index (χ0) is 15.0. The Labute approximate surface area is 128 Å². The Morgan fingerprint density at radius 3 is 2.90 bits per heavy atom. The van der Waals surface area contributed by atoms with Crippen molar-refractivity contribution in [2.45, 2.75) is 0 Å². The van der Waals surface area contributed by atoms with Crippen molar-refractivity contribution < 1.29 is 9.18 Å². The second-order valence-electron chi connectivity index (χ2n) is 4.32. The number of rotatable bonds is 2. The molecule has 0 saturated carbocycles. The van der Waals surface area contributed by atoms with Crippen LogP contribution in [0.4, 0.5) is 15.2 Å². The van der Waals surface area contributed by atoms with Crippen LogP contribution in [0.1, 0.15) is 10.4 Å². The van der Waals surface area contributed by atoms with E-state index < -0.39 is 11.7 Å². The average molecular weight is 322 g/mol. The van der Waals surface area contributed by atoms with Crippen molar-refractivity contribution in [2.75, 3.05) is 11.1 Å². The molecule has 0 bridgehead atoms. The number of nitrogens with one attached hydrogen (secondary N) is 1. The van der Waals surface area contributed by atoms with Gasteiger partial charge in [-0.1, -0.05) is 22.9 Å². The van der Waals surface area contributed by atoms with Crippen LogP contribution in [-0.2, 0) is 0 Å². The zero-order valence-electron chi connectivity index (χ0n) is 10.6. The topological polar surface area (TPSA) is 68.0 Å². The van der Waals surface area contributed by atoms with Gasteiger partial charge in [-0.15, -0.1) is 0 Å². The number of thiazole rings is 1. The number of anilines is 2. The molecule has 1 heterocycles. The van der Waals surface area contributed by atoms with Gasteiger partial charge in [-0.25, -0.2) is 9.37 Å². The molecule has 2 aromatic carbocycles. The lowest BCUT2D eigenvalue weighted by Crippen LogP contribution is -2.13. The maximum absolute atomic E-state index is 13.6. The largest absolute Gasteiger partial charge is 0.399 e. The van der Waals surface area contributed by atoms with Gasteiger partial charge in [0.2, 0.25) is 0 Å². The van der Waals surface area contributed by atoms with Gasteiger partial charge in [0.1, 0.15) is 5.82 Å². The van der Waals surface area contributed by atoms with Crippen molar-refractivity contribution in [3.63, 3.8) is 0 Å². The molecule has 106 valence electrons. The highest BCUT2D eigenvalue weighted by atomic mass is 35.5. The number of amides is 1. The minimum atomic E-state index is -0.633. The highest BCUT2D eigenvalue weighted by molar-refractivity contribution is 7.22. The molecule has 4 nitrogen and oxygen atoms in total. The van der Waals surface area contributed by atoms with Gasteiger partial charge in [0.05, 0.1) is 15.8 Å². The van der Waals surface area contributed by atoms with E-state index in [0.717, 1.165) is 10.8 Å². The third-order valence-corrected chi connectivity index (χ3v) is 3.97. The number of halogens is 2. The summed E-state index contributed by atoms with van der Waals surface area (Å²) in [4.78, 5) is 16.3. The first-order valence-electron chi connectivity index (χ1n) is 5.95. The first-order chi connectivity index (χ1) is 10.0. The Hall–Kier alpha value is -2.18. The van der Waals surface area contributed by atoms with Gasteiger partial charge >= 0.3 is 0 Å². The van der Waals surface area contributed by atoms with Crippen LogP contribution < -0.4 is 11.1 Å². The van der Waals surface area contributed by atoms with Crippen molar-refractivity contribution in [2.24, 2.45) is 0 Å². The molecule has 0 aliphatic carbocycles. The maximum Gasteiger partial charge on any atom is 0.260 e. The normalized spacial score (nSPS) is 10.8. The summed E-state index contributed by atoms with van der Waals surface area (Å²) in [6.07, 6.45) is 0. The SMILES string of the molecule is Nc1ccc(F)c(C(=O)Nc2nc3ccc(Cl)cc3s2)c1. The molecule has 0 unspecified atom stereocenters. The van der Waals surface area contributed by atoms with Gasteiger partial charge in [-0.3, -0.25) is 10.1 Å². The van der Waals surface area contributed by atoms with Crippen LogP contribution >= 0.6 is 22.9 Å². The summed E-state index contributed by atoms with van der Waals surface area (Å²) in [5.41, 5.74) is 6.48. The smallest absolute Gasteiger partial charge is 0.260 e. The van der Waals surface area contributed by atoms with E-state index >= 15 is 0 Å². The molecule has 0 radical (unpaired) electrons. The van der Waals surface area contributed by atoms with Gasteiger partial charge in [0, 0.05) is 10.7 Å². The zero-order valence-corrected chi connectivity index (χ0v) is 12.1. The molecule has 7 heteroatoms. The molecular weight excluding hydrogens is 313 g/mol. The van der Waals surface area contributed by atoms with Crippen molar-refractivity contribution in [3.8, 4) is 0 Å². The molecule has 3 rings (SSSR count). The van der Waals surface area contributed by atoms with E-state index in [1.165, 1.54) is 23.5 Å². The van der Waals surface area contributed by atoms with Crippen LogP contribution in [0.25, 0.3) is 10.2 Å². The Balaban J connectivity index is 1.90. The van der Waals surface area contributed by atoms with Crippen LogP contribution in [0.15, 0.2) is 36.4 Å². The Morgan fingerprint density at radius 2 is 2.10 bits per heavy atom. The second-order valence-corrected chi connectivity index (χ2v) is 5.79. The Bertz CT molecular complexity index is 849. The summed E-state index contributed by atoms with van der Waals surface area (Å²) in [7, 11) is 0. The van der Waals surface area contributed by atoms with Crippen LogP contribution in [0, 0.1) is 5.82 Å². The summed E-state index contributed by atoms with van der Waals surface area (Å²) in [6.45, 7) is 0. The number of hydrogen-bond acceptors (Lipinski definition) is 4. The third-order valence-electron chi connectivity index (χ3n) is 2.81. The summed E-state index contributed by atoms with van der Waals surface area (Å²) < 4.78 is 14.5. The number of hydrogen-bond donors (Lipinski definition) is 2. The van der Waals surface area contributed by atoms with Gasteiger partial charge < -0.3 is 5.73 Å². The number of carbonyl (C=O) groups excluding carboxylic acids is 1. The number of carbonyl (C=O) groups is 1. The van der Waals surface area contributed by atoms with Crippen LogP contribution in [-0.4, -0.2) is 10.9 Å². The fraction of sp³-hybridized carbons (Fsp3) is 0. The quantitative estimate of drug-likeness (QED) is 0.703. The molecule has 0 saturated heterocycles. The predicted molar refractivity (Wildman–Crippen MR) is 83.4 cm³/mol. The van der Waals surface area contributed by atoms with Crippen molar-refractivity contribution in [1.82, 2.24) is 4.98 Å². The predicted octanol–water partition coefficient (Wildman–Crippen LogP) is 3.92. The van der Waals surface area contributed by atoms with Crippen LogP contribution in [0.2, 0.25) is 5.02 Å². The van der Waals surface area contributed by atoms with Crippen molar-refractivity contribution in [1.29, 1.82) is 0 Å². The summed E-state index contributed by atoms with van der Waals surface area (Å²) in [5.74, 6) is -1.23. The first kappa shape index (κ1) is 13.8. The van der Waals surface area contributed by atoms with E-state index in [0.29, 0.717) is 21.4 Å². The van der Waals surface area contributed by atoms with Crippen molar-refractivity contribution >= 4 is 49.9 Å². The van der Waals surface area contributed by atoms with E-state index in [4.69, 9.17) is 17.3 Å². The molecular formula is C14H9ClFN3OS. The standard InChI is InChI=1S/C14H9ClFN3OS/c15-7-1-4-11-12(5-7)21-14(18-11)19-13(20)9-6-8(17)2-3-10(9)16/h1-6H,17H2,(H,18,19,20). The van der Waals surface area contributed by atoms with E-state index in [-0.39, 0.29) is 5.56 Å². The van der Waals surface area contributed by atoms with E-state index in [2.05, 4.69) is 10.3 Å². The minimum Gasteiger partial charge on any atom is -0.399 e. The van der Waals surface area contributed by atoms with Gasteiger partial charge in [0.25, 0.3) is 5.91 Å². The molecule has 0 spiro atoms.